The molecule has 1 atom stereocenters. The van der Waals surface area contributed by atoms with Gasteiger partial charge in [-0.15, -0.1) is 0 Å². The number of hydrogen-bond acceptors (Lipinski definition) is 7. The molecular formula is C33H59N3O7. The van der Waals surface area contributed by atoms with Crippen LogP contribution < -0.4 is 16.0 Å². The van der Waals surface area contributed by atoms with Gasteiger partial charge in [-0.2, -0.15) is 0 Å². The first kappa shape index (κ1) is 40.1. The molecular weight excluding hydrogens is 550 g/mol. The Morgan fingerprint density at radius 3 is 1.70 bits per heavy atom. The highest BCUT2D eigenvalue weighted by atomic mass is 16.6. The van der Waals surface area contributed by atoms with Crippen molar-refractivity contribution in [1.82, 2.24) is 16.0 Å². The Morgan fingerprint density at radius 2 is 1.16 bits per heavy atom. The van der Waals surface area contributed by atoms with E-state index in [9.17, 15) is 24.0 Å². The third-order valence-electron chi connectivity index (χ3n) is 6.97. The number of carbonyl (C=O) groups is 5. The van der Waals surface area contributed by atoms with Gasteiger partial charge in [-0.3, -0.25) is 24.0 Å². The molecule has 0 aliphatic carbocycles. The van der Waals surface area contributed by atoms with E-state index in [1.165, 1.54) is 71.6 Å². The van der Waals surface area contributed by atoms with Crippen LogP contribution >= 0.6 is 0 Å². The molecule has 0 aromatic carbocycles. The third-order valence-corrected chi connectivity index (χ3v) is 6.97. The summed E-state index contributed by atoms with van der Waals surface area (Å²) in [5.74, 6) is -2.04. The minimum absolute atomic E-state index is 0.0196. The maximum absolute atomic E-state index is 12.6. The van der Waals surface area contributed by atoms with Gasteiger partial charge >= 0.3 is 11.9 Å². The van der Waals surface area contributed by atoms with Crippen LogP contribution in [-0.4, -0.2) is 62.0 Å². The van der Waals surface area contributed by atoms with Crippen molar-refractivity contribution in [1.29, 1.82) is 0 Å². The largest absolute Gasteiger partial charge is 0.465 e. The Labute approximate surface area is 259 Å². The number of rotatable bonds is 26. The first-order valence-electron chi connectivity index (χ1n) is 16.3. The molecule has 43 heavy (non-hydrogen) atoms. The van der Waals surface area contributed by atoms with Crippen molar-refractivity contribution in [3.63, 3.8) is 0 Å². The molecule has 10 heteroatoms. The molecule has 0 aromatic rings. The highest BCUT2D eigenvalue weighted by Gasteiger charge is 2.39. The summed E-state index contributed by atoms with van der Waals surface area (Å²) >= 11 is 0. The summed E-state index contributed by atoms with van der Waals surface area (Å²) in [5, 5.41) is 8.11. The van der Waals surface area contributed by atoms with Crippen LogP contribution in [0.4, 0.5) is 0 Å². The van der Waals surface area contributed by atoms with Crippen molar-refractivity contribution in [3.8, 4) is 0 Å². The Balaban J connectivity index is 3.88. The van der Waals surface area contributed by atoms with E-state index in [0.29, 0.717) is 13.0 Å². The van der Waals surface area contributed by atoms with Gasteiger partial charge in [0.1, 0.15) is 6.61 Å². The van der Waals surface area contributed by atoms with Crippen LogP contribution in [0, 0.1) is 5.41 Å². The number of esters is 2. The maximum Gasteiger partial charge on any atom is 0.303 e. The van der Waals surface area contributed by atoms with Crippen LogP contribution in [0.2, 0.25) is 0 Å². The Kier molecular flexibility index (Phi) is 23.8. The number of ether oxygens (including phenoxy) is 2. The summed E-state index contributed by atoms with van der Waals surface area (Å²) in [6, 6.07) is 0. The lowest BCUT2D eigenvalue weighted by Crippen LogP contribution is -2.49. The number of hydrogen-bond donors (Lipinski definition) is 3. The van der Waals surface area contributed by atoms with Crippen LogP contribution in [0.3, 0.4) is 0 Å². The number of carbonyl (C=O) groups excluding carboxylic acids is 5. The van der Waals surface area contributed by atoms with Crippen molar-refractivity contribution in [2.24, 2.45) is 5.41 Å². The molecule has 248 valence electrons. The molecule has 0 aromatic heterocycles. The SMILES string of the molecule is CCCCCCCCC=CCCCCCCCC(=O)NCCNC(=O)CCNC(=O)C(OC(C)=O)C(C)(C)COC(C)=O. The molecule has 0 radical (unpaired) electrons. The number of amides is 3. The molecule has 0 bridgehead atoms. The van der Waals surface area contributed by atoms with Crippen molar-refractivity contribution >= 4 is 29.7 Å². The average molecular weight is 610 g/mol. The number of allylic oxidation sites excluding steroid dienone is 2. The van der Waals surface area contributed by atoms with Gasteiger partial charge in [0.05, 0.1) is 0 Å². The summed E-state index contributed by atoms with van der Waals surface area (Å²) in [6.45, 7) is 8.51. The van der Waals surface area contributed by atoms with Gasteiger partial charge in [0.25, 0.3) is 5.91 Å². The minimum Gasteiger partial charge on any atom is -0.465 e. The maximum atomic E-state index is 12.6. The first-order valence-corrected chi connectivity index (χ1v) is 16.3. The van der Waals surface area contributed by atoms with Gasteiger partial charge < -0.3 is 25.4 Å². The zero-order valence-electron chi connectivity index (χ0n) is 27.5. The van der Waals surface area contributed by atoms with Crippen LogP contribution in [0.15, 0.2) is 12.2 Å². The summed E-state index contributed by atoms with van der Waals surface area (Å²) in [7, 11) is 0. The van der Waals surface area contributed by atoms with Gasteiger partial charge in [0.15, 0.2) is 6.10 Å². The Bertz CT molecular complexity index is 842. The topological polar surface area (TPSA) is 140 Å². The fraction of sp³-hybridized carbons (Fsp3) is 0.788. The van der Waals surface area contributed by atoms with E-state index in [-0.39, 0.29) is 37.9 Å². The standard InChI is InChI=1S/C33H59N3O7/c1-6-7-8-9-10-11-12-13-14-15-16-17-18-19-20-21-29(39)34-24-25-35-30(40)22-23-36-32(41)31(43-28(3)38)33(4,5)26-42-27(2)37/h13-14,31H,6-12,15-26H2,1-5H3,(H,34,39)(H,35,40)(H,36,41). The van der Waals surface area contributed by atoms with Crippen LogP contribution in [0.25, 0.3) is 0 Å². The first-order chi connectivity index (χ1) is 20.5. The van der Waals surface area contributed by atoms with Crippen molar-refractivity contribution in [2.75, 3.05) is 26.2 Å². The lowest BCUT2D eigenvalue weighted by atomic mass is 9.86. The van der Waals surface area contributed by atoms with E-state index in [1.807, 2.05) is 0 Å². The van der Waals surface area contributed by atoms with Crippen molar-refractivity contribution in [3.05, 3.63) is 12.2 Å². The van der Waals surface area contributed by atoms with Crippen LogP contribution in [0.1, 0.15) is 131 Å². The predicted molar refractivity (Wildman–Crippen MR) is 169 cm³/mol. The smallest absolute Gasteiger partial charge is 0.303 e. The van der Waals surface area contributed by atoms with E-state index < -0.39 is 29.4 Å². The molecule has 3 N–H and O–H groups in total. The minimum atomic E-state index is -1.19. The zero-order valence-corrected chi connectivity index (χ0v) is 27.5. The summed E-state index contributed by atoms with van der Waals surface area (Å²) in [4.78, 5) is 59.4. The molecule has 0 spiro atoms. The Morgan fingerprint density at radius 1 is 0.651 bits per heavy atom. The van der Waals surface area contributed by atoms with E-state index in [0.717, 1.165) is 25.7 Å². The van der Waals surface area contributed by atoms with E-state index in [1.54, 1.807) is 13.8 Å². The molecule has 0 fully saturated rings. The van der Waals surface area contributed by atoms with Gasteiger partial charge in [0, 0.05) is 51.7 Å². The van der Waals surface area contributed by atoms with E-state index in [4.69, 9.17) is 9.47 Å². The highest BCUT2D eigenvalue weighted by molar-refractivity contribution is 5.85. The predicted octanol–water partition coefficient (Wildman–Crippen LogP) is 5.28. The van der Waals surface area contributed by atoms with Gasteiger partial charge in [-0.05, 0) is 32.1 Å². The molecule has 0 aliphatic rings. The molecule has 3 amide bonds. The van der Waals surface area contributed by atoms with Crippen molar-refractivity contribution in [2.45, 2.75) is 137 Å². The second-order valence-corrected chi connectivity index (χ2v) is 11.8. The van der Waals surface area contributed by atoms with Gasteiger partial charge in [0.2, 0.25) is 11.8 Å². The second kappa shape index (κ2) is 25.6. The van der Waals surface area contributed by atoms with Crippen LogP contribution in [-0.2, 0) is 33.4 Å². The molecule has 0 aliphatic heterocycles. The Hall–Kier alpha value is -2.91. The lowest BCUT2D eigenvalue weighted by Gasteiger charge is -2.31. The van der Waals surface area contributed by atoms with Gasteiger partial charge in [-0.1, -0.05) is 84.3 Å². The molecule has 10 nitrogen and oxygen atoms in total. The van der Waals surface area contributed by atoms with Crippen LogP contribution in [0.5, 0.6) is 0 Å². The summed E-state index contributed by atoms with van der Waals surface area (Å²) in [5.41, 5.74) is -0.966. The second-order valence-electron chi connectivity index (χ2n) is 11.8. The van der Waals surface area contributed by atoms with E-state index in [2.05, 4.69) is 35.0 Å². The van der Waals surface area contributed by atoms with E-state index >= 15 is 0 Å². The fourth-order valence-electron chi connectivity index (χ4n) is 4.43. The van der Waals surface area contributed by atoms with Gasteiger partial charge in [-0.25, -0.2) is 0 Å². The fourth-order valence-corrected chi connectivity index (χ4v) is 4.43. The lowest BCUT2D eigenvalue weighted by molar-refractivity contribution is -0.166. The summed E-state index contributed by atoms with van der Waals surface area (Å²) < 4.78 is 10.2. The highest BCUT2D eigenvalue weighted by Crippen LogP contribution is 2.24. The molecule has 0 heterocycles. The normalized spacial score (nSPS) is 12.0. The molecule has 0 rings (SSSR count). The molecule has 0 saturated carbocycles. The number of nitrogens with one attached hydrogen (secondary N) is 3. The van der Waals surface area contributed by atoms with Crippen molar-refractivity contribution < 1.29 is 33.4 Å². The third kappa shape index (κ3) is 24.3. The number of unbranched alkanes of at least 4 members (excludes halogenated alkanes) is 11. The average Bonchev–Trinajstić information content (AvgIpc) is 2.94. The molecule has 1 unspecified atom stereocenters. The monoisotopic (exact) mass is 609 g/mol. The molecule has 0 saturated heterocycles. The zero-order chi connectivity index (χ0) is 32.3. The summed E-state index contributed by atoms with van der Waals surface area (Å²) in [6.07, 6.45) is 19.7. The quantitative estimate of drug-likeness (QED) is 0.0688.